The summed E-state index contributed by atoms with van der Waals surface area (Å²) in [6.45, 7) is -0.414. The zero-order chi connectivity index (χ0) is 20.3. The van der Waals surface area contributed by atoms with Crippen LogP contribution < -0.4 is 11.5 Å². The first-order valence-corrected chi connectivity index (χ1v) is 11.4. The first-order chi connectivity index (χ1) is 12.7. The van der Waals surface area contributed by atoms with Crippen molar-refractivity contribution in [1.29, 1.82) is 0 Å². The second-order valence-corrected chi connectivity index (χ2v) is 8.67. The van der Waals surface area contributed by atoms with Gasteiger partial charge in [0.1, 0.15) is 6.10 Å². The van der Waals surface area contributed by atoms with E-state index in [4.69, 9.17) is 36.2 Å². The van der Waals surface area contributed by atoms with E-state index in [9.17, 15) is 4.57 Å². The topological polar surface area (TPSA) is 168 Å². The molecule has 0 aromatic heterocycles. The van der Waals surface area contributed by atoms with Crippen molar-refractivity contribution >= 4 is 7.82 Å². The molecule has 9 nitrogen and oxygen atoms in total. The fourth-order valence-electron chi connectivity index (χ4n) is 3.34. The van der Waals surface area contributed by atoms with Gasteiger partial charge in [-0.25, -0.2) is 4.57 Å². The van der Waals surface area contributed by atoms with Crippen molar-refractivity contribution in [3.05, 3.63) is 0 Å². The Bertz CT molecular complexity index is 410. The highest BCUT2D eigenvalue weighted by Crippen LogP contribution is 2.40. The largest absolute Gasteiger partial charge is 0.471 e. The van der Waals surface area contributed by atoms with Crippen LogP contribution in [0.15, 0.2) is 0 Å². The van der Waals surface area contributed by atoms with E-state index in [1.54, 1.807) is 0 Å². The molecule has 3 aliphatic rings. The number of rotatable bonds is 3. The Labute approximate surface area is 161 Å². The highest BCUT2D eigenvalue weighted by atomic mass is 31.2. The van der Waals surface area contributed by atoms with Crippen molar-refractivity contribution in [1.82, 2.24) is 0 Å². The van der Waals surface area contributed by atoms with Crippen LogP contribution in [0.1, 0.15) is 70.6 Å². The molecule has 1 aliphatic heterocycles. The summed E-state index contributed by atoms with van der Waals surface area (Å²) in [7, 11) is -4.60. The molecule has 8 N–H and O–H groups in total. The maximum Gasteiger partial charge on any atom is 0.471 e. The summed E-state index contributed by atoms with van der Waals surface area (Å²) in [6.07, 6.45) is 10.3. The SMILES string of the molecule is NC1CCCCC1.NC1CCCCC1.O=P(O)(O)O[C@@H]1C[C@@H](O)[C@H](CO)O1. The quantitative estimate of drug-likeness (QED) is 0.372. The maximum atomic E-state index is 10.3. The highest BCUT2D eigenvalue weighted by Gasteiger charge is 2.37. The molecule has 3 rings (SSSR count). The van der Waals surface area contributed by atoms with Crippen molar-refractivity contribution in [3.63, 3.8) is 0 Å². The van der Waals surface area contributed by atoms with Crippen molar-refractivity contribution in [2.45, 2.75) is 101 Å². The third kappa shape index (κ3) is 12.2. The predicted molar refractivity (Wildman–Crippen MR) is 102 cm³/mol. The maximum absolute atomic E-state index is 10.3. The summed E-state index contributed by atoms with van der Waals surface area (Å²) in [5.41, 5.74) is 11.3. The van der Waals surface area contributed by atoms with Gasteiger partial charge in [-0.1, -0.05) is 38.5 Å². The van der Waals surface area contributed by atoms with Gasteiger partial charge in [0.2, 0.25) is 0 Å². The Balaban J connectivity index is 0.000000220. The zero-order valence-corrected chi connectivity index (χ0v) is 16.9. The lowest BCUT2D eigenvalue weighted by molar-refractivity contribution is -0.102. The average Bonchev–Trinajstić information content (AvgIpc) is 2.95. The molecule has 1 saturated heterocycles. The van der Waals surface area contributed by atoms with Crippen LogP contribution in [0.2, 0.25) is 0 Å². The van der Waals surface area contributed by atoms with E-state index in [0.29, 0.717) is 12.1 Å². The molecule has 0 aromatic carbocycles. The molecule has 0 amide bonds. The van der Waals surface area contributed by atoms with Gasteiger partial charge >= 0.3 is 7.82 Å². The van der Waals surface area contributed by atoms with Gasteiger partial charge in [-0.3, -0.25) is 4.52 Å². The van der Waals surface area contributed by atoms with E-state index in [-0.39, 0.29) is 6.42 Å². The Morgan fingerprint density at radius 1 is 0.926 bits per heavy atom. The molecular weight excluding hydrogens is 375 g/mol. The first kappa shape index (κ1) is 24.9. The van der Waals surface area contributed by atoms with Gasteiger partial charge < -0.3 is 36.2 Å². The van der Waals surface area contributed by atoms with Gasteiger partial charge in [0.25, 0.3) is 0 Å². The number of nitrogens with two attached hydrogens (primary N) is 2. The number of hydrogen-bond acceptors (Lipinski definition) is 7. The van der Waals surface area contributed by atoms with Crippen LogP contribution in [-0.4, -0.2) is 57.2 Å². The van der Waals surface area contributed by atoms with Crippen molar-refractivity contribution < 1.29 is 33.8 Å². The molecule has 0 spiro atoms. The highest BCUT2D eigenvalue weighted by molar-refractivity contribution is 7.46. The number of phosphoric acid groups is 1. The Morgan fingerprint density at radius 2 is 1.37 bits per heavy atom. The zero-order valence-electron chi connectivity index (χ0n) is 16.0. The van der Waals surface area contributed by atoms with E-state index < -0.39 is 32.9 Å². The molecule has 3 atom stereocenters. The molecule has 2 aliphatic carbocycles. The molecule has 10 heteroatoms. The molecule has 0 unspecified atom stereocenters. The lowest BCUT2D eigenvalue weighted by Crippen LogP contribution is -2.24. The molecule has 0 radical (unpaired) electrons. The predicted octanol–water partition coefficient (Wildman–Crippen LogP) is 1.12. The minimum Gasteiger partial charge on any atom is -0.394 e. The van der Waals surface area contributed by atoms with Gasteiger partial charge in [0.05, 0.1) is 12.7 Å². The van der Waals surface area contributed by atoms with E-state index in [2.05, 4.69) is 4.52 Å². The van der Waals surface area contributed by atoms with E-state index >= 15 is 0 Å². The molecule has 1 heterocycles. The number of aliphatic hydroxyl groups excluding tert-OH is 2. The lowest BCUT2D eigenvalue weighted by atomic mass is 9.97. The van der Waals surface area contributed by atoms with Crippen LogP contribution in [0.5, 0.6) is 0 Å². The Hall–Kier alpha value is -0.0900. The van der Waals surface area contributed by atoms with Gasteiger partial charge in [0, 0.05) is 18.5 Å². The number of ether oxygens (including phenoxy) is 1. The molecule has 3 fully saturated rings. The number of aliphatic hydroxyl groups is 2. The summed E-state index contributed by atoms with van der Waals surface area (Å²) in [4.78, 5) is 16.8. The van der Waals surface area contributed by atoms with Gasteiger partial charge in [-0.15, -0.1) is 0 Å². The smallest absolute Gasteiger partial charge is 0.394 e. The van der Waals surface area contributed by atoms with Crippen molar-refractivity contribution in [2.75, 3.05) is 6.61 Å². The van der Waals surface area contributed by atoms with E-state index in [0.717, 1.165) is 0 Å². The molecule has 0 aromatic rings. The normalized spacial score (nSPS) is 30.1. The van der Waals surface area contributed by atoms with Crippen molar-refractivity contribution in [2.24, 2.45) is 11.5 Å². The van der Waals surface area contributed by atoms with Gasteiger partial charge in [-0.05, 0) is 25.7 Å². The van der Waals surface area contributed by atoms with Crippen LogP contribution in [-0.2, 0) is 13.8 Å². The molecule has 162 valence electrons. The summed E-state index contributed by atoms with van der Waals surface area (Å²) < 4.78 is 19.3. The van der Waals surface area contributed by atoms with Gasteiger partial charge in [0.15, 0.2) is 6.29 Å². The van der Waals surface area contributed by atoms with Crippen LogP contribution in [0.4, 0.5) is 0 Å². The summed E-state index contributed by atoms with van der Waals surface area (Å²) >= 11 is 0. The molecule has 2 saturated carbocycles. The third-order valence-electron chi connectivity index (χ3n) is 4.92. The lowest BCUT2D eigenvalue weighted by Gasteiger charge is -2.15. The van der Waals surface area contributed by atoms with Crippen LogP contribution in [0.3, 0.4) is 0 Å². The summed E-state index contributed by atoms with van der Waals surface area (Å²) in [5, 5.41) is 17.8. The van der Waals surface area contributed by atoms with Crippen molar-refractivity contribution in [3.8, 4) is 0 Å². The number of hydrogen-bond donors (Lipinski definition) is 6. The third-order valence-corrected chi connectivity index (χ3v) is 5.43. The first-order valence-electron chi connectivity index (χ1n) is 9.90. The Morgan fingerprint density at radius 3 is 1.63 bits per heavy atom. The van der Waals surface area contributed by atoms with E-state index in [1.165, 1.54) is 64.2 Å². The minimum atomic E-state index is -4.60. The average molecular weight is 412 g/mol. The Kier molecular flexibility index (Phi) is 12.2. The molecular formula is C17H37N2O7P. The van der Waals surface area contributed by atoms with Crippen LogP contribution in [0.25, 0.3) is 0 Å². The standard InChI is InChI=1S/2C6H13N.C5H11O7P/c2*7-6-4-2-1-3-5-6;6-2-4-3(7)1-5(11-4)12-13(8,9)10/h2*6H,1-5,7H2;3-7H,1-2H2,(H2,8,9,10)/t;;3-,4+,5-/m..1/s1. The second-order valence-electron chi connectivity index (χ2n) is 7.48. The second kappa shape index (κ2) is 13.2. The summed E-state index contributed by atoms with van der Waals surface area (Å²) in [5.74, 6) is 0. The van der Waals surface area contributed by atoms with Crippen LogP contribution >= 0.6 is 7.82 Å². The monoisotopic (exact) mass is 412 g/mol. The molecule has 27 heavy (non-hydrogen) atoms. The van der Waals surface area contributed by atoms with Gasteiger partial charge in [-0.2, -0.15) is 0 Å². The minimum absolute atomic E-state index is 0.0592. The fraction of sp³-hybridized carbons (Fsp3) is 1.00. The van der Waals surface area contributed by atoms with E-state index in [1.807, 2.05) is 0 Å². The molecule has 0 bridgehead atoms. The summed E-state index contributed by atoms with van der Waals surface area (Å²) in [6, 6.07) is 1.07. The fourth-order valence-corrected chi connectivity index (χ4v) is 3.79. The van der Waals surface area contributed by atoms with Crippen LogP contribution in [0, 0.1) is 0 Å². The number of phosphoric ester groups is 1.